The summed E-state index contributed by atoms with van der Waals surface area (Å²) in [6, 6.07) is 2.89. The van der Waals surface area contributed by atoms with Crippen molar-refractivity contribution in [3.8, 4) is 0 Å². The molecule has 0 aliphatic rings. The topological polar surface area (TPSA) is 50.7 Å². The highest BCUT2D eigenvalue weighted by molar-refractivity contribution is 5.71. The quantitative estimate of drug-likeness (QED) is 0.857. The van der Waals surface area contributed by atoms with Crippen molar-refractivity contribution in [2.75, 3.05) is 11.9 Å². The highest BCUT2D eigenvalue weighted by atomic mass is 19.3. The van der Waals surface area contributed by atoms with Gasteiger partial charge in [-0.15, -0.1) is 0 Å². The van der Waals surface area contributed by atoms with E-state index in [-0.39, 0.29) is 11.5 Å². The van der Waals surface area contributed by atoms with Crippen LogP contribution in [0.1, 0.15) is 0 Å². The largest absolute Gasteiger partial charge is 0.364 e. The molecular formula is C10H8F4N4. The van der Waals surface area contributed by atoms with Crippen molar-refractivity contribution in [1.29, 1.82) is 0 Å². The van der Waals surface area contributed by atoms with Gasteiger partial charge in [-0.05, 0) is 12.1 Å². The van der Waals surface area contributed by atoms with Crippen molar-refractivity contribution in [3.63, 3.8) is 0 Å². The Morgan fingerprint density at radius 2 is 1.89 bits per heavy atom. The monoisotopic (exact) mass is 260 g/mol. The number of nitrogens with one attached hydrogen (secondary N) is 1. The van der Waals surface area contributed by atoms with Crippen molar-refractivity contribution in [2.24, 2.45) is 0 Å². The predicted molar refractivity (Wildman–Crippen MR) is 56.8 cm³/mol. The fourth-order valence-corrected chi connectivity index (χ4v) is 1.24. The second kappa shape index (κ2) is 4.71. The summed E-state index contributed by atoms with van der Waals surface area (Å²) in [7, 11) is 0. The zero-order valence-corrected chi connectivity index (χ0v) is 8.95. The summed E-state index contributed by atoms with van der Waals surface area (Å²) in [5, 5.41) is 2.15. The summed E-state index contributed by atoms with van der Waals surface area (Å²) < 4.78 is 49.2. The lowest BCUT2D eigenvalue weighted by Gasteiger charge is -2.16. The lowest BCUT2D eigenvalue weighted by atomic mass is 10.3. The number of fused-ring (bicyclic) bond motifs is 1. The van der Waals surface area contributed by atoms with E-state index in [9.17, 15) is 17.6 Å². The molecular weight excluding hydrogens is 252 g/mol. The second-order valence-corrected chi connectivity index (χ2v) is 3.51. The molecule has 18 heavy (non-hydrogen) atoms. The van der Waals surface area contributed by atoms with Crippen LogP contribution in [0, 0.1) is 0 Å². The van der Waals surface area contributed by atoms with Crippen LogP contribution in [0.3, 0.4) is 0 Å². The number of pyridine rings is 1. The molecule has 0 aromatic carbocycles. The summed E-state index contributed by atoms with van der Waals surface area (Å²) in [5.74, 6) is -4.05. The Hall–Kier alpha value is -1.99. The van der Waals surface area contributed by atoms with Gasteiger partial charge in [-0.1, -0.05) is 0 Å². The average Bonchev–Trinajstić information content (AvgIpc) is 2.36. The van der Waals surface area contributed by atoms with Crippen LogP contribution in [-0.2, 0) is 0 Å². The van der Waals surface area contributed by atoms with E-state index < -0.39 is 18.9 Å². The standard InChI is InChI=1S/C10H8F4N4/c11-9(12)10(13,14)5-17-7-2-1-6-8(18-7)16-4-3-15-6/h1-4,9H,5H2,(H,16,17,18). The third-order valence-electron chi connectivity index (χ3n) is 2.16. The first-order valence-electron chi connectivity index (χ1n) is 4.97. The fourth-order valence-electron chi connectivity index (χ4n) is 1.24. The maximum atomic E-state index is 12.7. The summed E-state index contributed by atoms with van der Waals surface area (Å²) in [5.41, 5.74) is 0.742. The number of alkyl halides is 4. The van der Waals surface area contributed by atoms with E-state index in [0.717, 1.165) is 0 Å². The third kappa shape index (κ3) is 2.63. The van der Waals surface area contributed by atoms with Gasteiger partial charge in [0, 0.05) is 12.4 Å². The van der Waals surface area contributed by atoms with Crippen LogP contribution < -0.4 is 5.32 Å². The molecule has 0 radical (unpaired) electrons. The van der Waals surface area contributed by atoms with E-state index in [1.807, 2.05) is 0 Å². The summed E-state index contributed by atoms with van der Waals surface area (Å²) in [4.78, 5) is 11.7. The minimum atomic E-state index is -4.10. The summed E-state index contributed by atoms with van der Waals surface area (Å²) >= 11 is 0. The molecule has 0 bridgehead atoms. The first kappa shape index (κ1) is 12.5. The molecule has 0 atom stereocenters. The number of hydrogen-bond donors (Lipinski definition) is 1. The first-order valence-corrected chi connectivity index (χ1v) is 4.97. The Morgan fingerprint density at radius 1 is 1.17 bits per heavy atom. The lowest BCUT2D eigenvalue weighted by molar-refractivity contribution is -0.117. The molecule has 2 aromatic heterocycles. The van der Waals surface area contributed by atoms with Crippen molar-refractivity contribution >= 4 is 17.0 Å². The van der Waals surface area contributed by atoms with Crippen molar-refractivity contribution in [2.45, 2.75) is 12.3 Å². The molecule has 0 amide bonds. The van der Waals surface area contributed by atoms with E-state index in [1.54, 1.807) is 0 Å². The number of rotatable bonds is 4. The van der Waals surface area contributed by atoms with Crippen molar-refractivity contribution in [1.82, 2.24) is 15.0 Å². The van der Waals surface area contributed by atoms with Crippen molar-refractivity contribution in [3.05, 3.63) is 24.5 Å². The predicted octanol–water partition coefficient (Wildman–Crippen LogP) is 2.34. The normalized spacial score (nSPS) is 12.1. The van der Waals surface area contributed by atoms with Crippen LogP contribution in [-0.4, -0.2) is 33.8 Å². The molecule has 8 heteroatoms. The Balaban J connectivity index is 2.13. The van der Waals surface area contributed by atoms with Crippen LogP contribution >= 0.6 is 0 Å². The van der Waals surface area contributed by atoms with E-state index in [1.165, 1.54) is 24.5 Å². The van der Waals surface area contributed by atoms with Gasteiger partial charge < -0.3 is 5.32 Å². The van der Waals surface area contributed by atoms with Gasteiger partial charge in [0.05, 0.1) is 6.54 Å². The fraction of sp³-hybridized carbons (Fsp3) is 0.300. The van der Waals surface area contributed by atoms with Gasteiger partial charge in [0.25, 0.3) is 0 Å². The number of nitrogens with zero attached hydrogens (tertiary/aromatic N) is 3. The van der Waals surface area contributed by atoms with E-state index in [2.05, 4.69) is 20.3 Å². The average molecular weight is 260 g/mol. The molecule has 2 rings (SSSR count). The number of halogens is 4. The Labute approximate surface area is 99.1 Å². The van der Waals surface area contributed by atoms with Gasteiger partial charge in [0.15, 0.2) is 5.65 Å². The second-order valence-electron chi connectivity index (χ2n) is 3.51. The van der Waals surface area contributed by atoms with Crippen LogP contribution in [0.5, 0.6) is 0 Å². The van der Waals surface area contributed by atoms with Crippen molar-refractivity contribution < 1.29 is 17.6 Å². The van der Waals surface area contributed by atoms with Crippen LogP contribution in [0.25, 0.3) is 11.2 Å². The third-order valence-corrected chi connectivity index (χ3v) is 2.16. The number of aromatic nitrogens is 3. The SMILES string of the molecule is FC(F)C(F)(F)CNc1ccc2nccnc2n1. The summed E-state index contributed by atoms with van der Waals surface area (Å²) in [6.07, 6.45) is -0.861. The van der Waals surface area contributed by atoms with Crippen LogP contribution in [0.2, 0.25) is 0 Å². The molecule has 0 saturated carbocycles. The highest BCUT2D eigenvalue weighted by Crippen LogP contribution is 2.23. The zero-order valence-electron chi connectivity index (χ0n) is 8.95. The minimum absolute atomic E-state index is 0.0447. The molecule has 2 aromatic rings. The molecule has 2 heterocycles. The van der Waals surface area contributed by atoms with Crippen LogP contribution in [0.4, 0.5) is 23.4 Å². The van der Waals surface area contributed by atoms with Gasteiger partial charge in [-0.2, -0.15) is 8.78 Å². The number of hydrogen-bond acceptors (Lipinski definition) is 4. The molecule has 1 N–H and O–H groups in total. The molecule has 0 aliphatic carbocycles. The van der Waals surface area contributed by atoms with Crippen LogP contribution in [0.15, 0.2) is 24.5 Å². The van der Waals surface area contributed by atoms with Gasteiger partial charge in [0.2, 0.25) is 0 Å². The van der Waals surface area contributed by atoms with Gasteiger partial charge in [-0.3, -0.25) is 4.98 Å². The minimum Gasteiger partial charge on any atom is -0.364 e. The van der Waals surface area contributed by atoms with Gasteiger partial charge in [-0.25, -0.2) is 18.7 Å². The Bertz CT molecular complexity index is 546. The molecule has 0 fully saturated rings. The first-order chi connectivity index (χ1) is 8.49. The summed E-state index contributed by atoms with van der Waals surface area (Å²) in [6.45, 7) is -1.19. The van der Waals surface area contributed by atoms with Gasteiger partial charge >= 0.3 is 12.3 Å². The lowest BCUT2D eigenvalue weighted by Crippen LogP contribution is -2.35. The molecule has 0 saturated heterocycles. The molecule has 0 aliphatic heterocycles. The van der Waals surface area contributed by atoms with E-state index >= 15 is 0 Å². The van der Waals surface area contributed by atoms with E-state index in [4.69, 9.17) is 0 Å². The maximum Gasteiger partial charge on any atom is 0.324 e. The molecule has 4 nitrogen and oxygen atoms in total. The zero-order chi connectivity index (χ0) is 13.2. The van der Waals surface area contributed by atoms with Gasteiger partial charge in [0.1, 0.15) is 11.3 Å². The molecule has 96 valence electrons. The van der Waals surface area contributed by atoms with E-state index in [0.29, 0.717) is 5.52 Å². The Morgan fingerprint density at radius 3 is 2.61 bits per heavy atom. The smallest absolute Gasteiger partial charge is 0.324 e. The highest BCUT2D eigenvalue weighted by Gasteiger charge is 2.40. The Kier molecular flexibility index (Phi) is 3.26. The molecule has 0 spiro atoms. The maximum absolute atomic E-state index is 12.7. The molecule has 0 unspecified atom stereocenters. The number of anilines is 1.